The van der Waals surface area contributed by atoms with Crippen molar-refractivity contribution in [3.05, 3.63) is 28.3 Å². The first-order valence-corrected chi connectivity index (χ1v) is 8.51. The van der Waals surface area contributed by atoms with Crippen LogP contribution in [-0.2, 0) is 9.53 Å². The molecule has 1 saturated heterocycles. The van der Waals surface area contributed by atoms with E-state index in [1.165, 1.54) is 19.2 Å². The fourth-order valence-electron chi connectivity index (χ4n) is 3.11. The van der Waals surface area contributed by atoms with Gasteiger partial charge < -0.3 is 14.8 Å². The first-order chi connectivity index (χ1) is 12.1. The van der Waals surface area contributed by atoms with E-state index >= 15 is 0 Å². The molecular weight excluding hydrogens is 326 g/mol. The van der Waals surface area contributed by atoms with E-state index in [2.05, 4.69) is 10.2 Å². The van der Waals surface area contributed by atoms with Crippen molar-refractivity contribution in [3.63, 3.8) is 0 Å². The Morgan fingerprint density at radius 1 is 1.44 bits per heavy atom. The second-order valence-corrected chi connectivity index (χ2v) is 6.58. The summed E-state index contributed by atoms with van der Waals surface area (Å²) >= 11 is 0. The number of methoxy groups -OCH3 is 1. The molecule has 1 aromatic carbocycles. The third-order valence-corrected chi connectivity index (χ3v) is 4.60. The van der Waals surface area contributed by atoms with E-state index in [0.29, 0.717) is 17.7 Å². The minimum atomic E-state index is -0.521. The van der Waals surface area contributed by atoms with E-state index in [4.69, 9.17) is 9.47 Å². The van der Waals surface area contributed by atoms with Crippen molar-refractivity contribution in [2.45, 2.75) is 25.3 Å². The lowest BCUT2D eigenvalue weighted by Crippen LogP contribution is -2.38. The van der Waals surface area contributed by atoms with Gasteiger partial charge >= 0.3 is 0 Å². The molecule has 0 bridgehead atoms. The van der Waals surface area contributed by atoms with Crippen LogP contribution in [-0.4, -0.2) is 55.2 Å². The highest BCUT2D eigenvalue weighted by Crippen LogP contribution is 2.30. The summed E-state index contributed by atoms with van der Waals surface area (Å²) < 4.78 is 10.4. The van der Waals surface area contributed by atoms with E-state index in [9.17, 15) is 14.9 Å². The van der Waals surface area contributed by atoms with Crippen molar-refractivity contribution >= 4 is 17.3 Å². The lowest BCUT2D eigenvalue weighted by molar-refractivity contribution is -0.384. The van der Waals surface area contributed by atoms with Gasteiger partial charge in [0.05, 0.1) is 31.3 Å². The Kier molecular flexibility index (Phi) is 5.50. The molecule has 8 nitrogen and oxygen atoms in total. The third kappa shape index (κ3) is 4.67. The van der Waals surface area contributed by atoms with Crippen LogP contribution >= 0.6 is 0 Å². The summed E-state index contributed by atoms with van der Waals surface area (Å²) in [5, 5.41) is 13.9. The Hall–Kier alpha value is -2.19. The summed E-state index contributed by atoms with van der Waals surface area (Å²) in [4.78, 5) is 25.3. The van der Waals surface area contributed by atoms with E-state index < -0.39 is 4.92 Å². The molecule has 1 atom stereocenters. The quantitative estimate of drug-likeness (QED) is 0.570. The number of amides is 1. The second-order valence-electron chi connectivity index (χ2n) is 6.58. The largest absolute Gasteiger partial charge is 0.496 e. The Balaban J connectivity index is 1.63. The topological polar surface area (TPSA) is 93.9 Å². The fraction of sp³-hybridized carbons (Fsp3) is 0.588. The molecule has 1 aliphatic heterocycles. The number of benzene rings is 1. The lowest BCUT2D eigenvalue weighted by Gasteiger charge is -2.24. The maximum absolute atomic E-state index is 12.4. The summed E-state index contributed by atoms with van der Waals surface area (Å²) in [6, 6.07) is 4.85. The number of hydrogen-bond acceptors (Lipinski definition) is 6. The minimum absolute atomic E-state index is 0.171. The molecule has 3 rings (SSSR count). The molecule has 1 N–H and O–H groups in total. The van der Waals surface area contributed by atoms with Crippen molar-refractivity contribution in [2.75, 3.05) is 38.7 Å². The van der Waals surface area contributed by atoms with Crippen LogP contribution in [0.3, 0.4) is 0 Å². The molecule has 0 aromatic heterocycles. The van der Waals surface area contributed by atoms with Crippen molar-refractivity contribution in [1.29, 1.82) is 0 Å². The summed E-state index contributed by atoms with van der Waals surface area (Å²) in [5.41, 5.74) is 0.0191. The van der Waals surface area contributed by atoms with Crippen molar-refractivity contribution in [1.82, 2.24) is 4.90 Å². The van der Waals surface area contributed by atoms with Gasteiger partial charge in [0, 0.05) is 19.2 Å². The number of hydrogen-bond donors (Lipinski definition) is 1. The number of carbonyl (C=O) groups is 1. The van der Waals surface area contributed by atoms with E-state index in [-0.39, 0.29) is 23.8 Å². The number of nitrogens with one attached hydrogen (secondary N) is 1. The highest BCUT2D eigenvalue weighted by molar-refractivity contribution is 5.94. The Bertz CT molecular complexity index is 641. The summed E-state index contributed by atoms with van der Waals surface area (Å²) in [6.45, 7) is 2.61. The predicted octanol–water partition coefficient (Wildman–Crippen LogP) is 2.04. The van der Waals surface area contributed by atoms with Gasteiger partial charge in [0.2, 0.25) is 5.91 Å². The molecule has 25 heavy (non-hydrogen) atoms. The zero-order chi connectivity index (χ0) is 17.8. The van der Waals surface area contributed by atoms with Crippen LogP contribution < -0.4 is 10.1 Å². The average Bonchev–Trinajstić information content (AvgIpc) is 3.32. The van der Waals surface area contributed by atoms with E-state index in [1.54, 1.807) is 6.07 Å². The van der Waals surface area contributed by atoms with E-state index in [0.717, 1.165) is 39.0 Å². The molecule has 1 saturated carbocycles. The molecule has 1 aromatic rings. The smallest absolute Gasteiger partial charge is 0.296 e. The molecular formula is C17H23N3O5. The molecule has 0 radical (unpaired) electrons. The van der Waals surface area contributed by atoms with Gasteiger partial charge in [-0.25, -0.2) is 0 Å². The van der Waals surface area contributed by atoms with Gasteiger partial charge in [-0.15, -0.1) is 0 Å². The van der Waals surface area contributed by atoms with Crippen molar-refractivity contribution < 1.29 is 19.2 Å². The number of nitro groups is 1. The minimum Gasteiger partial charge on any atom is -0.496 e. The molecule has 1 aliphatic carbocycles. The number of nitrogens with zero attached hydrogens (tertiary/aromatic N) is 2. The maximum Gasteiger partial charge on any atom is 0.296 e. The molecule has 1 heterocycles. The Morgan fingerprint density at radius 2 is 2.24 bits per heavy atom. The number of ether oxygens (including phenoxy) is 2. The van der Waals surface area contributed by atoms with Crippen LogP contribution in [0.1, 0.15) is 19.3 Å². The highest BCUT2D eigenvalue weighted by Gasteiger charge is 2.33. The molecule has 2 fully saturated rings. The van der Waals surface area contributed by atoms with Crippen LogP contribution in [0.25, 0.3) is 0 Å². The number of nitro benzene ring substituents is 1. The summed E-state index contributed by atoms with van der Waals surface area (Å²) in [6.07, 6.45) is 3.22. The summed E-state index contributed by atoms with van der Waals surface area (Å²) in [7, 11) is 1.44. The highest BCUT2D eigenvalue weighted by atomic mass is 16.6. The molecule has 8 heteroatoms. The van der Waals surface area contributed by atoms with Gasteiger partial charge in [-0.2, -0.15) is 0 Å². The van der Waals surface area contributed by atoms with Gasteiger partial charge in [0.1, 0.15) is 11.4 Å². The number of anilines is 1. The van der Waals surface area contributed by atoms with Crippen LogP contribution in [0.4, 0.5) is 11.4 Å². The first-order valence-electron chi connectivity index (χ1n) is 8.51. The average molecular weight is 349 g/mol. The van der Waals surface area contributed by atoms with Crippen molar-refractivity contribution in [2.24, 2.45) is 5.92 Å². The van der Waals surface area contributed by atoms with Crippen LogP contribution in [0, 0.1) is 16.0 Å². The first kappa shape index (κ1) is 17.6. The standard InChI is InChI=1S/C17H23N3O5/c1-24-14-4-5-15(16(8-14)20(22)23)18-17(21)10-19(13-2-3-13)9-12-6-7-25-11-12/h4-5,8,12-13H,2-3,6-7,9-11H2,1H3,(H,18,21). The van der Waals surface area contributed by atoms with Gasteiger partial charge in [-0.1, -0.05) is 0 Å². The Labute approximate surface area is 146 Å². The summed E-state index contributed by atoms with van der Waals surface area (Å²) in [5.74, 6) is 0.605. The third-order valence-electron chi connectivity index (χ3n) is 4.60. The second kappa shape index (κ2) is 7.79. The van der Waals surface area contributed by atoms with Gasteiger partial charge in [0.25, 0.3) is 5.69 Å². The SMILES string of the molecule is COc1ccc(NC(=O)CN(CC2CCOC2)C2CC2)c([N+](=O)[O-])c1. The number of rotatable bonds is 8. The van der Waals surface area contributed by atoms with E-state index in [1.807, 2.05) is 0 Å². The van der Waals surface area contributed by atoms with Gasteiger partial charge in [-0.3, -0.25) is 19.8 Å². The van der Waals surface area contributed by atoms with Crippen LogP contribution in [0.5, 0.6) is 5.75 Å². The van der Waals surface area contributed by atoms with Crippen LogP contribution in [0.15, 0.2) is 18.2 Å². The molecule has 136 valence electrons. The lowest BCUT2D eigenvalue weighted by atomic mass is 10.1. The fourth-order valence-corrected chi connectivity index (χ4v) is 3.11. The zero-order valence-electron chi connectivity index (χ0n) is 14.3. The number of carbonyl (C=O) groups excluding carboxylic acids is 1. The molecule has 0 spiro atoms. The normalized spacial score (nSPS) is 19.8. The molecule has 1 amide bonds. The monoisotopic (exact) mass is 349 g/mol. The Morgan fingerprint density at radius 3 is 2.84 bits per heavy atom. The predicted molar refractivity (Wildman–Crippen MR) is 91.8 cm³/mol. The van der Waals surface area contributed by atoms with Gasteiger partial charge in [0.15, 0.2) is 0 Å². The van der Waals surface area contributed by atoms with Gasteiger partial charge in [-0.05, 0) is 37.3 Å². The molecule has 2 aliphatic rings. The molecule has 1 unspecified atom stereocenters. The zero-order valence-corrected chi connectivity index (χ0v) is 14.3. The maximum atomic E-state index is 12.4. The van der Waals surface area contributed by atoms with Crippen LogP contribution in [0.2, 0.25) is 0 Å². The van der Waals surface area contributed by atoms with Crippen molar-refractivity contribution in [3.8, 4) is 5.75 Å².